The molecule has 9 heteroatoms. The Morgan fingerprint density at radius 1 is 0.895 bits per heavy atom. The molecule has 4 nitrogen and oxygen atoms in total. The first-order valence-corrected chi connectivity index (χ1v) is 12.7. The average molecular weight is 565 g/mol. The van der Waals surface area contributed by atoms with Gasteiger partial charge in [-0.15, -0.1) is 0 Å². The number of anilines is 1. The first kappa shape index (κ1) is 29.5. The van der Waals surface area contributed by atoms with Crippen LogP contribution in [0.3, 0.4) is 0 Å². The van der Waals surface area contributed by atoms with Gasteiger partial charge in [0.25, 0.3) is 5.91 Å². The van der Waals surface area contributed by atoms with Crippen LogP contribution < -0.4 is 5.32 Å². The molecule has 202 valence electrons. The first-order valence-electron chi connectivity index (χ1n) is 12.0. The third-order valence-corrected chi connectivity index (χ3v) is 6.83. The van der Waals surface area contributed by atoms with Crippen LogP contribution >= 0.6 is 23.2 Å². The maximum absolute atomic E-state index is 13.8. The molecule has 1 N–H and O–H groups in total. The zero-order valence-corrected chi connectivity index (χ0v) is 23.1. The predicted molar refractivity (Wildman–Crippen MR) is 146 cm³/mol. The first-order chi connectivity index (χ1) is 17.7. The molecule has 2 amide bonds. The molecule has 0 saturated heterocycles. The van der Waals surface area contributed by atoms with E-state index in [1.807, 2.05) is 24.3 Å². The zero-order valence-electron chi connectivity index (χ0n) is 21.5. The molecule has 0 radical (unpaired) electrons. The summed E-state index contributed by atoms with van der Waals surface area (Å²) in [5, 5.41) is 2.73. The quantitative estimate of drug-likeness (QED) is 0.314. The normalized spacial score (nSPS) is 11.8. The Bertz CT molecular complexity index is 1320. The second kappa shape index (κ2) is 11.8. The van der Waals surface area contributed by atoms with Crippen molar-refractivity contribution in [2.45, 2.75) is 52.3 Å². The Morgan fingerprint density at radius 3 is 2.13 bits per heavy atom. The van der Waals surface area contributed by atoms with Crippen LogP contribution in [0.15, 0.2) is 60.7 Å². The fourth-order valence-electron chi connectivity index (χ4n) is 3.96. The lowest BCUT2D eigenvalue weighted by Gasteiger charge is -2.26. The van der Waals surface area contributed by atoms with Crippen molar-refractivity contribution in [2.24, 2.45) is 0 Å². The number of nitrogens with zero attached hydrogens (tertiary/aromatic N) is 1. The number of carbonyl (C=O) groups excluding carboxylic acids is 2. The Balaban J connectivity index is 1.98. The van der Waals surface area contributed by atoms with E-state index in [0.717, 1.165) is 23.3 Å². The number of amides is 2. The minimum absolute atomic E-state index is 0.0183. The van der Waals surface area contributed by atoms with Gasteiger partial charge in [0.15, 0.2) is 0 Å². The van der Waals surface area contributed by atoms with E-state index in [-0.39, 0.29) is 46.2 Å². The summed E-state index contributed by atoms with van der Waals surface area (Å²) in [7, 11) is 0. The van der Waals surface area contributed by atoms with Gasteiger partial charge in [-0.3, -0.25) is 9.59 Å². The molecule has 0 aliphatic rings. The standard InChI is InChI=1S/C29H29Cl2F3N2O2/c1-18(37)35-24-13-12-23(30)26(31)25(24)27(38)36(17-20-8-10-21(11-9-20)28(2,3)4)15-14-19-6-5-7-22(16-19)29(32,33)34/h5-13,16H,14-15,17H2,1-4H3,(H,35,37). The summed E-state index contributed by atoms with van der Waals surface area (Å²) in [6.45, 7) is 7.86. The minimum Gasteiger partial charge on any atom is -0.334 e. The van der Waals surface area contributed by atoms with Crippen molar-refractivity contribution in [2.75, 3.05) is 11.9 Å². The van der Waals surface area contributed by atoms with E-state index in [1.54, 1.807) is 6.07 Å². The number of hydrogen-bond acceptors (Lipinski definition) is 2. The molecule has 3 rings (SSSR count). The molecule has 0 bridgehead atoms. The van der Waals surface area contributed by atoms with Gasteiger partial charge in [0.2, 0.25) is 5.91 Å². The molecule has 3 aromatic rings. The van der Waals surface area contributed by atoms with Crippen LogP contribution in [-0.2, 0) is 29.4 Å². The van der Waals surface area contributed by atoms with Crippen molar-refractivity contribution in [3.05, 3.63) is 98.5 Å². The third-order valence-electron chi connectivity index (χ3n) is 6.02. The Morgan fingerprint density at radius 2 is 1.55 bits per heavy atom. The van der Waals surface area contributed by atoms with E-state index in [9.17, 15) is 22.8 Å². The SMILES string of the molecule is CC(=O)Nc1ccc(Cl)c(Cl)c1C(=O)N(CCc1cccc(C(F)(F)F)c1)Cc1ccc(C(C)(C)C)cc1. The van der Waals surface area contributed by atoms with E-state index < -0.39 is 23.6 Å². The minimum atomic E-state index is -4.47. The van der Waals surface area contributed by atoms with Gasteiger partial charge in [-0.05, 0) is 46.7 Å². The van der Waals surface area contributed by atoms with Gasteiger partial charge in [0.1, 0.15) is 0 Å². The number of carbonyl (C=O) groups is 2. The fourth-order valence-corrected chi connectivity index (χ4v) is 4.36. The van der Waals surface area contributed by atoms with Gasteiger partial charge in [-0.2, -0.15) is 13.2 Å². The van der Waals surface area contributed by atoms with Crippen LogP contribution in [0.25, 0.3) is 0 Å². The van der Waals surface area contributed by atoms with Crippen LogP contribution in [0.4, 0.5) is 18.9 Å². The third kappa shape index (κ3) is 7.51. The highest BCUT2D eigenvalue weighted by molar-refractivity contribution is 6.44. The molecule has 38 heavy (non-hydrogen) atoms. The van der Waals surface area contributed by atoms with Crippen molar-refractivity contribution < 1.29 is 22.8 Å². The van der Waals surface area contributed by atoms with Gasteiger partial charge >= 0.3 is 6.18 Å². The topological polar surface area (TPSA) is 49.4 Å². The lowest BCUT2D eigenvalue weighted by molar-refractivity contribution is -0.137. The predicted octanol–water partition coefficient (Wildman–Crippen LogP) is 8.15. The van der Waals surface area contributed by atoms with E-state index in [1.165, 1.54) is 30.0 Å². The molecule has 0 spiro atoms. The van der Waals surface area contributed by atoms with Gasteiger partial charge < -0.3 is 10.2 Å². The number of rotatable bonds is 7. The molecule has 3 aromatic carbocycles. The molecule has 0 unspecified atom stereocenters. The van der Waals surface area contributed by atoms with Gasteiger partial charge in [0, 0.05) is 20.0 Å². The summed E-state index contributed by atoms with van der Waals surface area (Å²) in [6.07, 6.45) is -4.30. The lowest BCUT2D eigenvalue weighted by atomic mass is 9.87. The van der Waals surface area contributed by atoms with Crippen molar-refractivity contribution in [3.8, 4) is 0 Å². The molecule has 0 fully saturated rings. The fraction of sp³-hybridized carbons (Fsp3) is 0.310. The number of nitrogens with one attached hydrogen (secondary N) is 1. The van der Waals surface area contributed by atoms with Crippen molar-refractivity contribution in [3.63, 3.8) is 0 Å². The molecular weight excluding hydrogens is 536 g/mol. The molecular formula is C29H29Cl2F3N2O2. The van der Waals surface area contributed by atoms with Crippen molar-refractivity contribution in [1.82, 2.24) is 4.90 Å². The second-order valence-electron chi connectivity index (χ2n) is 10.1. The number of halogens is 5. The Kier molecular flexibility index (Phi) is 9.16. The summed E-state index contributed by atoms with van der Waals surface area (Å²) in [6, 6.07) is 15.8. The second-order valence-corrected chi connectivity index (χ2v) is 10.9. The molecule has 0 heterocycles. The van der Waals surface area contributed by atoms with Crippen LogP contribution in [0.5, 0.6) is 0 Å². The molecule has 0 saturated carbocycles. The van der Waals surface area contributed by atoms with Crippen LogP contribution in [-0.4, -0.2) is 23.3 Å². The van der Waals surface area contributed by atoms with E-state index in [4.69, 9.17) is 23.2 Å². The maximum Gasteiger partial charge on any atom is 0.416 e. The van der Waals surface area contributed by atoms with E-state index in [0.29, 0.717) is 5.56 Å². The lowest BCUT2D eigenvalue weighted by Crippen LogP contribution is -2.33. The maximum atomic E-state index is 13.8. The summed E-state index contributed by atoms with van der Waals surface area (Å²) < 4.78 is 39.7. The largest absolute Gasteiger partial charge is 0.416 e. The summed E-state index contributed by atoms with van der Waals surface area (Å²) >= 11 is 12.6. The van der Waals surface area contributed by atoms with Crippen molar-refractivity contribution >= 4 is 40.7 Å². The average Bonchev–Trinajstić information content (AvgIpc) is 2.83. The van der Waals surface area contributed by atoms with Gasteiger partial charge in [-0.25, -0.2) is 0 Å². The number of hydrogen-bond donors (Lipinski definition) is 1. The van der Waals surface area contributed by atoms with Crippen LogP contribution in [0.1, 0.15) is 60.3 Å². The van der Waals surface area contributed by atoms with Crippen LogP contribution in [0.2, 0.25) is 10.0 Å². The molecule has 0 atom stereocenters. The van der Waals surface area contributed by atoms with E-state index in [2.05, 4.69) is 26.1 Å². The highest BCUT2D eigenvalue weighted by atomic mass is 35.5. The summed E-state index contributed by atoms with van der Waals surface area (Å²) in [5.41, 5.74) is 1.79. The number of benzene rings is 3. The number of alkyl halides is 3. The summed E-state index contributed by atoms with van der Waals surface area (Å²) in [5.74, 6) is -0.904. The highest BCUT2D eigenvalue weighted by Gasteiger charge is 2.30. The van der Waals surface area contributed by atoms with Gasteiger partial charge in [-0.1, -0.05) is 86.4 Å². The smallest absolute Gasteiger partial charge is 0.334 e. The Hall–Kier alpha value is -3.03. The van der Waals surface area contributed by atoms with E-state index >= 15 is 0 Å². The Labute approximate surface area is 230 Å². The highest BCUT2D eigenvalue weighted by Crippen LogP contribution is 2.34. The van der Waals surface area contributed by atoms with Crippen molar-refractivity contribution in [1.29, 1.82) is 0 Å². The molecule has 0 aliphatic heterocycles. The molecule has 0 aliphatic carbocycles. The summed E-state index contributed by atoms with van der Waals surface area (Å²) in [4.78, 5) is 27.1. The monoisotopic (exact) mass is 564 g/mol. The van der Waals surface area contributed by atoms with Gasteiger partial charge in [0.05, 0.1) is 26.9 Å². The zero-order chi connectivity index (χ0) is 28.3. The van der Waals surface area contributed by atoms with Crippen LogP contribution in [0, 0.1) is 0 Å². The molecule has 0 aromatic heterocycles.